The molecule has 0 aliphatic rings. The number of hydrogen-bond donors (Lipinski definition) is 1. The van der Waals surface area contributed by atoms with Gasteiger partial charge in [0.1, 0.15) is 5.01 Å². The fourth-order valence-corrected chi connectivity index (χ4v) is 3.14. The molecule has 0 aliphatic carbocycles. The molecule has 0 fully saturated rings. The van der Waals surface area contributed by atoms with Gasteiger partial charge in [-0.05, 0) is 34.6 Å². The maximum atomic E-state index is 12.2. The Morgan fingerprint density at radius 1 is 1.13 bits per heavy atom. The lowest BCUT2D eigenvalue weighted by atomic mass is 10.2. The van der Waals surface area contributed by atoms with Crippen LogP contribution < -0.4 is 5.32 Å². The fraction of sp³-hybridized carbons (Fsp3) is 0.471. The Balaban J connectivity index is 2.01. The number of nitrogens with zero attached hydrogens (tertiary/aromatic N) is 3. The molecule has 1 aromatic heterocycles. The molecule has 0 saturated carbocycles. The number of nitrogens with one attached hydrogen (secondary N) is 1. The van der Waals surface area contributed by atoms with Crippen molar-refractivity contribution >= 4 is 22.4 Å². The molecule has 5 nitrogen and oxygen atoms in total. The lowest BCUT2D eigenvalue weighted by molar-refractivity contribution is -0.118. The van der Waals surface area contributed by atoms with Crippen molar-refractivity contribution in [2.24, 2.45) is 0 Å². The smallest absolute Gasteiger partial charge is 0.240 e. The molecule has 2 rings (SSSR count). The Kier molecular flexibility index (Phi) is 5.85. The first-order chi connectivity index (χ1) is 10.9. The number of anilines is 1. The molecule has 23 heavy (non-hydrogen) atoms. The van der Waals surface area contributed by atoms with Crippen molar-refractivity contribution < 1.29 is 4.79 Å². The van der Waals surface area contributed by atoms with Gasteiger partial charge >= 0.3 is 0 Å². The molecule has 0 radical (unpaired) electrons. The van der Waals surface area contributed by atoms with Gasteiger partial charge < -0.3 is 0 Å². The molecule has 6 heteroatoms. The van der Waals surface area contributed by atoms with E-state index in [1.807, 2.05) is 31.2 Å². The molecule has 0 saturated heterocycles. The van der Waals surface area contributed by atoms with Crippen molar-refractivity contribution in [2.75, 3.05) is 11.9 Å². The summed E-state index contributed by atoms with van der Waals surface area (Å²) in [7, 11) is 0. The number of carbonyl (C=O) groups is 1. The minimum absolute atomic E-state index is 0.0565. The van der Waals surface area contributed by atoms with Crippen molar-refractivity contribution in [3.05, 3.63) is 29.8 Å². The quantitative estimate of drug-likeness (QED) is 0.878. The van der Waals surface area contributed by atoms with E-state index in [-0.39, 0.29) is 5.91 Å². The van der Waals surface area contributed by atoms with Crippen molar-refractivity contribution in [2.45, 2.75) is 46.7 Å². The van der Waals surface area contributed by atoms with E-state index in [0.29, 0.717) is 23.8 Å². The van der Waals surface area contributed by atoms with Crippen LogP contribution in [0.5, 0.6) is 0 Å². The lowest BCUT2D eigenvalue weighted by Gasteiger charge is -2.29. The molecule has 0 unspecified atom stereocenters. The van der Waals surface area contributed by atoms with Gasteiger partial charge in [0, 0.05) is 17.6 Å². The largest absolute Gasteiger partial charge is 0.299 e. The standard InChI is InChI=1S/C17H24N4OS/c1-11(2)21(12(3)4)10-15(22)18-17-20-19-16(23-17)14-8-6-13(5)7-9-14/h6-9,11-12H,10H2,1-5H3,(H,18,20,22). The van der Waals surface area contributed by atoms with Crippen molar-refractivity contribution in [1.82, 2.24) is 15.1 Å². The molecule has 0 aliphatic heterocycles. The summed E-state index contributed by atoms with van der Waals surface area (Å²) >= 11 is 1.39. The van der Waals surface area contributed by atoms with E-state index in [1.54, 1.807) is 0 Å². The molecular weight excluding hydrogens is 308 g/mol. The predicted molar refractivity (Wildman–Crippen MR) is 95.7 cm³/mol. The minimum atomic E-state index is -0.0565. The third-order valence-corrected chi connectivity index (χ3v) is 4.51. The van der Waals surface area contributed by atoms with Crippen LogP contribution in [0.3, 0.4) is 0 Å². The maximum absolute atomic E-state index is 12.2. The second-order valence-electron chi connectivity index (χ2n) is 6.19. The van der Waals surface area contributed by atoms with Crippen molar-refractivity contribution in [3.63, 3.8) is 0 Å². The lowest BCUT2D eigenvalue weighted by Crippen LogP contribution is -2.42. The van der Waals surface area contributed by atoms with Gasteiger partial charge in [-0.25, -0.2) is 0 Å². The topological polar surface area (TPSA) is 58.1 Å². The summed E-state index contributed by atoms with van der Waals surface area (Å²) < 4.78 is 0. The molecule has 1 amide bonds. The SMILES string of the molecule is Cc1ccc(-c2nnc(NC(=O)CN(C(C)C)C(C)C)s2)cc1. The molecule has 1 aromatic carbocycles. The monoisotopic (exact) mass is 332 g/mol. The molecule has 124 valence electrons. The zero-order valence-electron chi connectivity index (χ0n) is 14.3. The average molecular weight is 332 g/mol. The summed E-state index contributed by atoms with van der Waals surface area (Å²) in [5.74, 6) is -0.0565. The molecule has 2 aromatic rings. The van der Waals surface area contributed by atoms with E-state index in [4.69, 9.17) is 0 Å². The number of aryl methyl sites for hydroxylation is 1. The zero-order chi connectivity index (χ0) is 17.0. The van der Waals surface area contributed by atoms with Crippen molar-refractivity contribution in [1.29, 1.82) is 0 Å². The highest BCUT2D eigenvalue weighted by Gasteiger charge is 2.18. The third-order valence-electron chi connectivity index (χ3n) is 3.62. The number of carbonyl (C=O) groups excluding carboxylic acids is 1. The zero-order valence-corrected chi connectivity index (χ0v) is 15.1. The number of amides is 1. The molecular formula is C17H24N4OS. The van der Waals surface area contributed by atoms with Gasteiger partial charge in [0.05, 0.1) is 6.54 Å². The Morgan fingerprint density at radius 2 is 1.74 bits per heavy atom. The van der Waals surface area contributed by atoms with Gasteiger partial charge in [0.25, 0.3) is 0 Å². The van der Waals surface area contributed by atoms with Gasteiger partial charge in [0.2, 0.25) is 11.0 Å². The second kappa shape index (κ2) is 7.66. The van der Waals surface area contributed by atoms with Gasteiger partial charge in [-0.3, -0.25) is 15.0 Å². The van der Waals surface area contributed by atoms with Crippen LogP contribution in [-0.2, 0) is 4.79 Å². The van der Waals surface area contributed by atoms with Crippen LogP contribution in [-0.4, -0.2) is 39.6 Å². The summed E-state index contributed by atoms with van der Waals surface area (Å²) in [5, 5.41) is 12.4. The third kappa shape index (κ3) is 4.84. The summed E-state index contributed by atoms with van der Waals surface area (Å²) in [6, 6.07) is 8.74. The van der Waals surface area contributed by atoms with Gasteiger partial charge in [0.15, 0.2) is 0 Å². The molecule has 0 bridgehead atoms. The van der Waals surface area contributed by atoms with Gasteiger partial charge in [-0.15, -0.1) is 10.2 Å². The van der Waals surface area contributed by atoms with Crippen LogP contribution in [0.2, 0.25) is 0 Å². The Labute approximate surface area is 141 Å². The number of benzene rings is 1. The second-order valence-corrected chi connectivity index (χ2v) is 7.16. The highest BCUT2D eigenvalue weighted by molar-refractivity contribution is 7.18. The van der Waals surface area contributed by atoms with E-state index in [0.717, 1.165) is 10.6 Å². The number of aromatic nitrogens is 2. The van der Waals surface area contributed by atoms with Crippen LogP contribution in [0.15, 0.2) is 24.3 Å². The highest BCUT2D eigenvalue weighted by Crippen LogP contribution is 2.26. The molecule has 0 spiro atoms. The van der Waals surface area contributed by atoms with Gasteiger partial charge in [-0.1, -0.05) is 41.2 Å². The number of hydrogen-bond acceptors (Lipinski definition) is 5. The molecule has 1 N–H and O–H groups in total. The summed E-state index contributed by atoms with van der Waals surface area (Å²) in [5.41, 5.74) is 2.22. The minimum Gasteiger partial charge on any atom is -0.299 e. The van der Waals surface area contributed by atoms with E-state index < -0.39 is 0 Å². The summed E-state index contributed by atoms with van der Waals surface area (Å²) in [6.07, 6.45) is 0. The van der Waals surface area contributed by atoms with E-state index in [2.05, 4.69) is 48.1 Å². The fourth-order valence-electron chi connectivity index (χ4n) is 2.37. The van der Waals surface area contributed by atoms with Crippen LogP contribution in [0.25, 0.3) is 10.6 Å². The Hall–Kier alpha value is -1.79. The first-order valence-corrected chi connectivity index (χ1v) is 8.64. The van der Waals surface area contributed by atoms with E-state index in [9.17, 15) is 4.79 Å². The van der Waals surface area contributed by atoms with Crippen LogP contribution in [0.4, 0.5) is 5.13 Å². The molecule has 0 atom stereocenters. The van der Waals surface area contributed by atoms with Crippen LogP contribution >= 0.6 is 11.3 Å². The number of rotatable bonds is 6. The summed E-state index contributed by atoms with van der Waals surface area (Å²) in [6.45, 7) is 10.8. The Bertz CT molecular complexity index is 641. The van der Waals surface area contributed by atoms with Crippen LogP contribution in [0.1, 0.15) is 33.3 Å². The van der Waals surface area contributed by atoms with Crippen molar-refractivity contribution in [3.8, 4) is 10.6 Å². The first kappa shape index (κ1) is 17.6. The maximum Gasteiger partial charge on any atom is 0.240 e. The normalized spacial score (nSPS) is 11.5. The van der Waals surface area contributed by atoms with E-state index >= 15 is 0 Å². The van der Waals surface area contributed by atoms with E-state index in [1.165, 1.54) is 16.9 Å². The predicted octanol–water partition coefficient (Wildman–Crippen LogP) is 3.57. The average Bonchev–Trinajstić information content (AvgIpc) is 2.93. The Morgan fingerprint density at radius 3 is 2.30 bits per heavy atom. The van der Waals surface area contributed by atoms with Gasteiger partial charge in [-0.2, -0.15) is 0 Å². The highest BCUT2D eigenvalue weighted by atomic mass is 32.1. The summed E-state index contributed by atoms with van der Waals surface area (Å²) in [4.78, 5) is 14.3. The van der Waals surface area contributed by atoms with Crippen LogP contribution in [0, 0.1) is 6.92 Å². The first-order valence-electron chi connectivity index (χ1n) is 7.83. The molecule has 1 heterocycles.